The van der Waals surface area contributed by atoms with Gasteiger partial charge in [0, 0.05) is 15.7 Å². The van der Waals surface area contributed by atoms with Crippen molar-refractivity contribution in [2.24, 2.45) is 0 Å². The Morgan fingerprint density at radius 2 is 1.86 bits per heavy atom. The first-order valence-corrected chi connectivity index (χ1v) is 7.49. The van der Waals surface area contributed by atoms with Crippen LogP contribution in [0.15, 0.2) is 40.9 Å². The van der Waals surface area contributed by atoms with E-state index in [4.69, 9.17) is 5.73 Å². The fourth-order valence-electron chi connectivity index (χ4n) is 1.89. The number of hydrogen-bond donors (Lipinski definition) is 1. The van der Waals surface area contributed by atoms with Crippen molar-refractivity contribution in [3.63, 3.8) is 0 Å². The highest BCUT2D eigenvalue weighted by molar-refractivity contribution is 9.10. The lowest BCUT2D eigenvalue weighted by atomic mass is 10.2. The third kappa shape index (κ3) is 2.75. The average Bonchev–Trinajstić information content (AvgIpc) is 2.83. The largest absolute Gasteiger partial charge is 0.416 e. The van der Waals surface area contributed by atoms with Gasteiger partial charge in [-0.25, -0.2) is 4.98 Å². The van der Waals surface area contributed by atoms with Crippen molar-refractivity contribution >= 4 is 43.2 Å². The maximum absolute atomic E-state index is 12.7. The van der Waals surface area contributed by atoms with Gasteiger partial charge in [-0.2, -0.15) is 13.2 Å². The fraction of sp³-hybridized carbons (Fsp3) is 0.0714. The minimum atomic E-state index is -4.36. The number of nitrogens with zero attached hydrogens (tertiary/aromatic N) is 1. The van der Waals surface area contributed by atoms with Crippen LogP contribution in [-0.2, 0) is 6.18 Å². The van der Waals surface area contributed by atoms with Gasteiger partial charge in [0.1, 0.15) is 5.01 Å². The zero-order valence-corrected chi connectivity index (χ0v) is 12.8. The Morgan fingerprint density at radius 3 is 2.52 bits per heavy atom. The van der Waals surface area contributed by atoms with E-state index in [1.807, 2.05) is 0 Å². The summed E-state index contributed by atoms with van der Waals surface area (Å²) in [5, 5.41) is 0.657. The van der Waals surface area contributed by atoms with E-state index in [2.05, 4.69) is 20.9 Å². The molecule has 0 atom stereocenters. The number of rotatable bonds is 1. The zero-order valence-electron chi connectivity index (χ0n) is 10.4. The number of halogens is 4. The van der Waals surface area contributed by atoms with Crippen molar-refractivity contribution in [3.05, 3.63) is 46.4 Å². The molecule has 7 heteroatoms. The lowest BCUT2D eigenvalue weighted by molar-refractivity contribution is -0.137. The summed E-state index contributed by atoms with van der Waals surface area (Å²) in [5.74, 6) is 0. The first-order chi connectivity index (χ1) is 9.84. The number of nitrogens with two attached hydrogens (primary N) is 1. The molecule has 0 spiro atoms. The molecule has 0 aliphatic rings. The number of aromatic nitrogens is 1. The SMILES string of the molecule is Nc1ccc(-c2nc3cc(C(F)(F)F)ccc3s2)cc1Br. The Morgan fingerprint density at radius 1 is 1.10 bits per heavy atom. The Labute approximate surface area is 130 Å². The number of benzene rings is 2. The van der Waals surface area contributed by atoms with E-state index in [0.29, 0.717) is 20.9 Å². The standard InChI is InChI=1S/C14H8BrF3N2S/c15-9-5-7(1-3-10(9)19)13-20-11-6-8(14(16,17)18)2-4-12(11)21-13/h1-6H,19H2. The predicted octanol–water partition coefficient (Wildman–Crippen LogP) is 5.33. The van der Waals surface area contributed by atoms with Gasteiger partial charge in [-0.15, -0.1) is 11.3 Å². The van der Waals surface area contributed by atoms with Gasteiger partial charge < -0.3 is 5.73 Å². The molecule has 0 saturated heterocycles. The summed E-state index contributed by atoms with van der Waals surface area (Å²) in [6.07, 6.45) is -4.36. The topological polar surface area (TPSA) is 38.9 Å². The van der Waals surface area contributed by atoms with Crippen LogP contribution in [0.1, 0.15) is 5.56 Å². The van der Waals surface area contributed by atoms with Crippen LogP contribution in [0.2, 0.25) is 0 Å². The maximum atomic E-state index is 12.7. The number of thiazole rings is 1. The van der Waals surface area contributed by atoms with Crippen molar-refractivity contribution in [1.29, 1.82) is 0 Å². The van der Waals surface area contributed by atoms with Crippen LogP contribution in [0.25, 0.3) is 20.8 Å². The highest BCUT2D eigenvalue weighted by Crippen LogP contribution is 2.36. The second-order valence-electron chi connectivity index (χ2n) is 4.44. The van der Waals surface area contributed by atoms with E-state index >= 15 is 0 Å². The summed E-state index contributed by atoms with van der Waals surface area (Å²) in [7, 11) is 0. The fourth-order valence-corrected chi connectivity index (χ4v) is 3.21. The van der Waals surface area contributed by atoms with E-state index in [1.165, 1.54) is 17.4 Å². The van der Waals surface area contributed by atoms with Gasteiger partial charge in [-0.05, 0) is 52.3 Å². The minimum Gasteiger partial charge on any atom is -0.398 e. The Bertz CT molecular complexity index is 827. The molecule has 3 rings (SSSR count). The zero-order chi connectivity index (χ0) is 15.2. The minimum absolute atomic E-state index is 0.345. The van der Waals surface area contributed by atoms with Crippen LogP contribution in [0, 0.1) is 0 Å². The Hall–Kier alpha value is -1.60. The van der Waals surface area contributed by atoms with Crippen LogP contribution < -0.4 is 5.73 Å². The third-order valence-corrected chi connectivity index (χ3v) is 4.73. The molecule has 1 heterocycles. The lowest BCUT2D eigenvalue weighted by Gasteiger charge is -2.04. The third-order valence-electron chi connectivity index (χ3n) is 2.96. The molecule has 0 radical (unpaired) electrons. The van der Waals surface area contributed by atoms with E-state index in [-0.39, 0.29) is 0 Å². The van der Waals surface area contributed by atoms with Crippen LogP contribution in [0.4, 0.5) is 18.9 Å². The normalized spacial score (nSPS) is 12.0. The first kappa shape index (κ1) is 14.3. The number of anilines is 1. The highest BCUT2D eigenvalue weighted by Gasteiger charge is 2.30. The van der Waals surface area contributed by atoms with E-state index in [0.717, 1.165) is 22.2 Å². The molecular weight excluding hydrogens is 365 g/mol. The molecule has 108 valence electrons. The van der Waals surface area contributed by atoms with E-state index < -0.39 is 11.7 Å². The number of nitrogen functional groups attached to an aromatic ring is 1. The summed E-state index contributed by atoms with van der Waals surface area (Å²) in [4.78, 5) is 4.28. The smallest absolute Gasteiger partial charge is 0.398 e. The summed E-state index contributed by atoms with van der Waals surface area (Å²) < 4.78 is 39.5. The van der Waals surface area contributed by atoms with Gasteiger partial charge in [-0.3, -0.25) is 0 Å². The molecule has 0 saturated carbocycles. The predicted molar refractivity (Wildman–Crippen MR) is 82.2 cm³/mol. The second-order valence-corrected chi connectivity index (χ2v) is 6.32. The highest BCUT2D eigenvalue weighted by atomic mass is 79.9. The molecule has 2 nitrogen and oxygen atoms in total. The average molecular weight is 373 g/mol. The quantitative estimate of drug-likeness (QED) is 0.586. The molecule has 3 aromatic rings. The van der Waals surface area contributed by atoms with Crippen molar-refractivity contribution in [2.45, 2.75) is 6.18 Å². The van der Waals surface area contributed by atoms with Gasteiger partial charge >= 0.3 is 6.18 Å². The Balaban J connectivity index is 2.10. The van der Waals surface area contributed by atoms with Crippen LogP contribution in [0.3, 0.4) is 0 Å². The van der Waals surface area contributed by atoms with Crippen molar-refractivity contribution in [3.8, 4) is 10.6 Å². The molecular formula is C14H8BrF3N2S. The first-order valence-electron chi connectivity index (χ1n) is 5.88. The van der Waals surface area contributed by atoms with Gasteiger partial charge in [0.2, 0.25) is 0 Å². The summed E-state index contributed by atoms with van der Waals surface area (Å²) in [6.45, 7) is 0. The van der Waals surface area contributed by atoms with Gasteiger partial charge in [0.05, 0.1) is 15.8 Å². The second kappa shape index (κ2) is 4.99. The van der Waals surface area contributed by atoms with Crippen molar-refractivity contribution in [2.75, 3.05) is 5.73 Å². The number of alkyl halides is 3. The number of fused-ring (bicyclic) bond motifs is 1. The maximum Gasteiger partial charge on any atom is 0.416 e. The molecule has 0 unspecified atom stereocenters. The monoisotopic (exact) mass is 372 g/mol. The van der Waals surface area contributed by atoms with Crippen LogP contribution in [0.5, 0.6) is 0 Å². The Kier molecular flexibility index (Phi) is 3.41. The number of hydrogen-bond acceptors (Lipinski definition) is 3. The van der Waals surface area contributed by atoms with Crippen molar-refractivity contribution < 1.29 is 13.2 Å². The molecule has 1 aromatic heterocycles. The molecule has 0 aliphatic carbocycles. The summed E-state index contributed by atoms with van der Waals surface area (Å²) >= 11 is 4.67. The summed E-state index contributed by atoms with van der Waals surface area (Å²) in [6, 6.07) is 8.92. The summed E-state index contributed by atoms with van der Waals surface area (Å²) in [5.41, 5.74) is 6.78. The molecule has 0 fully saturated rings. The van der Waals surface area contributed by atoms with Crippen molar-refractivity contribution in [1.82, 2.24) is 4.98 Å². The van der Waals surface area contributed by atoms with Gasteiger partial charge in [0.15, 0.2) is 0 Å². The van der Waals surface area contributed by atoms with Crippen LogP contribution >= 0.6 is 27.3 Å². The lowest BCUT2D eigenvalue weighted by Crippen LogP contribution is -2.03. The van der Waals surface area contributed by atoms with Crippen LogP contribution in [-0.4, -0.2) is 4.98 Å². The van der Waals surface area contributed by atoms with Gasteiger partial charge in [0.25, 0.3) is 0 Å². The molecule has 0 aliphatic heterocycles. The molecule has 0 bridgehead atoms. The van der Waals surface area contributed by atoms with E-state index in [9.17, 15) is 13.2 Å². The molecule has 2 N–H and O–H groups in total. The molecule has 0 amide bonds. The van der Waals surface area contributed by atoms with E-state index in [1.54, 1.807) is 18.2 Å². The molecule has 21 heavy (non-hydrogen) atoms. The van der Waals surface area contributed by atoms with Gasteiger partial charge in [-0.1, -0.05) is 0 Å². The molecule has 2 aromatic carbocycles.